The zero-order valence-corrected chi connectivity index (χ0v) is 15.5. The van der Waals surface area contributed by atoms with E-state index in [4.69, 9.17) is 4.74 Å². The molecule has 1 aliphatic heterocycles. The van der Waals surface area contributed by atoms with Crippen molar-refractivity contribution in [3.63, 3.8) is 0 Å². The number of nitrogens with one attached hydrogen (secondary N) is 1. The van der Waals surface area contributed by atoms with Crippen molar-refractivity contribution in [3.8, 4) is 0 Å². The highest BCUT2D eigenvalue weighted by Crippen LogP contribution is 2.25. The lowest BCUT2D eigenvalue weighted by molar-refractivity contribution is -0.108. The lowest BCUT2D eigenvalue weighted by Gasteiger charge is -2.28. The fraction of sp³-hybridized carbons (Fsp3) is 0.357. The minimum absolute atomic E-state index is 0.0899. The molecule has 1 fully saturated rings. The number of carbonyl (C=O) groups excluding carboxylic acids is 3. The SMILES string of the molecule is CCOC1N(C)C(=O)N(Nc2ccccc2C(=O)OC)N1C(=O)N=S(=O)=O. The van der Waals surface area contributed by atoms with Crippen LogP contribution in [0.1, 0.15) is 17.3 Å². The molecule has 13 heteroatoms. The molecular formula is C14H17N5O7S. The third-order valence-corrected chi connectivity index (χ3v) is 3.77. The van der Waals surface area contributed by atoms with Gasteiger partial charge in [-0.15, -0.1) is 5.12 Å². The van der Waals surface area contributed by atoms with Gasteiger partial charge in [0.1, 0.15) is 0 Å². The smallest absolute Gasteiger partial charge is 0.383 e. The Morgan fingerprint density at radius 2 is 1.96 bits per heavy atom. The molecule has 1 atom stereocenters. The normalized spacial score (nSPS) is 16.3. The van der Waals surface area contributed by atoms with Crippen molar-refractivity contribution in [2.45, 2.75) is 13.3 Å². The van der Waals surface area contributed by atoms with Crippen LogP contribution in [0.5, 0.6) is 0 Å². The van der Waals surface area contributed by atoms with Crippen LogP contribution in [0.15, 0.2) is 28.6 Å². The topological polar surface area (TPSA) is 138 Å². The molecule has 1 aromatic carbocycles. The number of hydrazine groups is 2. The summed E-state index contributed by atoms with van der Waals surface area (Å²) in [6.07, 6.45) is -1.24. The third kappa shape index (κ3) is 4.15. The van der Waals surface area contributed by atoms with Gasteiger partial charge in [-0.1, -0.05) is 16.5 Å². The Kier molecular flexibility index (Phi) is 6.31. The van der Waals surface area contributed by atoms with Crippen LogP contribution < -0.4 is 5.43 Å². The average Bonchev–Trinajstić information content (AvgIpc) is 2.86. The van der Waals surface area contributed by atoms with Gasteiger partial charge in [0, 0.05) is 13.7 Å². The van der Waals surface area contributed by atoms with Crippen molar-refractivity contribution in [3.05, 3.63) is 29.8 Å². The maximum absolute atomic E-state index is 12.5. The van der Waals surface area contributed by atoms with Crippen LogP contribution in [0.3, 0.4) is 0 Å². The van der Waals surface area contributed by atoms with Crippen molar-refractivity contribution in [1.82, 2.24) is 15.0 Å². The number of benzene rings is 1. The summed E-state index contributed by atoms with van der Waals surface area (Å²) in [6, 6.07) is 4.08. The Hall–Kier alpha value is -3.19. The number of ether oxygens (including phenoxy) is 2. The molecule has 1 N–H and O–H groups in total. The molecule has 12 nitrogen and oxygen atoms in total. The first-order chi connectivity index (χ1) is 12.8. The number of methoxy groups -OCH3 is 1. The van der Waals surface area contributed by atoms with Crippen LogP contribution in [0, 0.1) is 0 Å². The number of hydrogen-bond donors (Lipinski definition) is 1. The summed E-state index contributed by atoms with van der Waals surface area (Å²) in [5.41, 5.74) is 2.84. The minimum Gasteiger partial charge on any atom is -0.465 e. The lowest BCUT2D eigenvalue weighted by atomic mass is 10.2. The Morgan fingerprint density at radius 3 is 2.56 bits per heavy atom. The number of rotatable bonds is 5. The fourth-order valence-corrected chi connectivity index (χ4v) is 2.51. The van der Waals surface area contributed by atoms with E-state index in [1.54, 1.807) is 19.1 Å². The number of amides is 4. The van der Waals surface area contributed by atoms with Crippen molar-refractivity contribution in [2.75, 3.05) is 26.2 Å². The third-order valence-electron chi connectivity index (χ3n) is 3.46. The largest absolute Gasteiger partial charge is 0.465 e. The number of carbonyl (C=O) groups is 3. The van der Waals surface area contributed by atoms with Crippen LogP contribution in [-0.2, 0) is 20.0 Å². The van der Waals surface area contributed by atoms with Gasteiger partial charge in [-0.2, -0.15) is 13.4 Å². The van der Waals surface area contributed by atoms with Gasteiger partial charge in [0.2, 0.25) is 6.35 Å². The molecule has 0 bridgehead atoms. The highest BCUT2D eigenvalue weighted by Gasteiger charge is 2.47. The monoisotopic (exact) mass is 399 g/mol. The van der Waals surface area contributed by atoms with Gasteiger partial charge in [-0.25, -0.2) is 14.4 Å². The molecule has 0 aromatic heterocycles. The summed E-state index contributed by atoms with van der Waals surface area (Å²) >= 11 is 0. The first-order valence-corrected chi connectivity index (χ1v) is 8.61. The second-order valence-electron chi connectivity index (χ2n) is 5.07. The molecule has 1 unspecified atom stereocenters. The quantitative estimate of drug-likeness (QED) is 0.720. The van der Waals surface area contributed by atoms with Gasteiger partial charge in [-0.3, -0.25) is 10.3 Å². The Bertz CT molecular complexity index is 880. The number of hydrogen-bond acceptors (Lipinski definition) is 8. The van der Waals surface area contributed by atoms with E-state index in [1.807, 2.05) is 0 Å². The minimum atomic E-state index is -3.04. The van der Waals surface area contributed by atoms with Crippen molar-refractivity contribution < 1.29 is 32.3 Å². The van der Waals surface area contributed by atoms with Gasteiger partial charge in [0.15, 0.2) is 0 Å². The number of urea groups is 2. The van der Waals surface area contributed by atoms with Crippen LogP contribution in [0.2, 0.25) is 0 Å². The average molecular weight is 399 g/mol. The summed E-state index contributed by atoms with van der Waals surface area (Å²) in [7, 11) is -0.494. The maximum atomic E-state index is 12.5. The van der Waals surface area contributed by atoms with E-state index >= 15 is 0 Å². The molecule has 1 aliphatic rings. The zero-order valence-electron chi connectivity index (χ0n) is 14.6. The number of nitrogens with zero attached hydrogens (tertiary/aromatic N) is 4. The second kappa shape index (κ2) is 8.46. The Labute approximate surface area is 155 Å². The van der Waals surface area contributed by atoms with E-state index in [1.165, 1.54) is 26.3 Å². The molecule has 146 valence electrons. The van der Waals surface area contributed by atoms with Crippen molar-refractivity contribution >= 4 is 34.2 Å². The maximum Gasteiger partial charge on any atom is 0.383 e. The highest BCUT2D eigenvalue weighted by atomic mass is 32.2. The van der Waals surface area contributed by atoms with E-state index in [9.17, 15) is 22.8 Å². The molecule has 0 aliphatic carbocycles. The first-order valence-electron chi connectivity index (χ1n) is 7.58. The first kappa shape index (κ1) is 20.1. The summed E-state index contributed by atoms with van der Waals surface area (Å²) in [5.74, 6) is -0.678. The molecule has 0 radical (unpaired) electrons. The molecule has 4 amide bonds. The molecule has 2 rings (SSSR count). The van der Waals surface area contributed by atoms with Crippen LogP contribution in [0.4, 0.5) is 15.3 Å². The van der Waals surface area contributed by atoms with Gasteiger partial charge in [0.05, 0.1) is 18.4 Å². The summed E-state index contributed by atoms with van der Waals surface area (Å²) in [6.45, 7) is 1.76. The molecule has 1 heterocycles. The van der Waals surface area contributed by atoms with E-state index in [2.05, 4.69) is 14.5 Å². The van der Waals surface area contributed by atoms with Crippen molar-refractivity contribution in [1.29, 1.82) is 0 Å². The van der Waals surface area contributed by atoms with Gasteiger partial charge < -0.3 is 9.47 Å². The number of esters is 1. The van der Waals surface area contributed by atoms with Crippen LogP contribution in [-0.4, -0.2) is 68.6 Å². The highest BCUT2D eigenvalue weighted by molar-refractivity contribution is 7.62. The standard InChI is InChI=1S/C14H17N5O7S/c1-4-26-14-17(2)13(22)19(18(14)12(21)16-27(23)24)15-10-8-6-5-7-9(10)11(20)25-3/h5-8,14-15H,4H2,1-3H3. The Morgan fingerprint density at radius 1 is 1.30 bits per heavy atom. The van der Waals surface area contributed by atoms with Gasteiger partial charge in [-0.05, 0) is 19.1 Å². The Balaban J connectivity index is 2.46. The van der Waals surface area contributed by atoms with Gasteiger partial charge >= 0.3 is 28.5 Å². The van der Waals surface area contributed by atoms with E-state index < -0.39 is 34.9 Å². The van der Waals surface area contributed by atoms with Gasteiger partial charge in [0.25, 0.3) is 0 Å². The van der Waals surface area contributed by atoms with E-state index in [0.29, 0.717) is 10.1 Å². The molecular weight excluding hydrogens is 382 g/mol. The van der Waals surface area contributed by atoms with Crippen LogP contribution in [0.25, 0.3) is 0 Å². The van der Waals surface area contributed by atoms with E-state index in [0.717, 1.165) is 4.90 Å². The molecule has 0 spiro atoms. The van der Waals surface area contributed by atoms with Crippen molar-refractivity contribution in [2.24, 2.45) is 4.36 Å². The molecule has 27 heavy (non-hydrogen) atoms. The van der Waals surface area contributed by atoms with Crippen LogP contribution >= 0.6 is 0 Å². The molecule has 1 saturated heterocycles. The molecule has 0 saturated carbocycles. The summed E-state index contributed by atoms with van der Waals surface area (Å²) < 4.78 is 34.5. The predicted molar refractivity (Wildman–Crippen MR) is 90.4 cm³/mol. The second-order valence-corrected chi connectivity index (χ2v) is 5.69. The zero-order chi connectivity index (χ0) is 20.1. The predicted octanol–water partition coefficient (Wildman–Crippen LogP) is 0.887. The summed E-state index contributed by atoms with van der Waals surface area (Å²) in [4.78, 5) is 37.7. The lowest BCUT2D eigenvalue weighted by Crippen LogP contribution is -2.49. The van der Waals surface area contributed by atoms with E-state index in [-0.39, 0.29) is 17.9 Å². The summed E-state index contributed by atoms with van der Waals surface area (Å²) in [5, 5.41) is 1.39. The molecule has 1 aromatic rings. The fourth-order valence-electron chi connectivity index (χ4n) is 2.30. The number of para-hydroxylation sites is 1. The number of anilines is 1.